The van der Waals surface area contributed by atoms with Crippen LogP contribution in [-0.2, 0) is 17.1 Å². The van der Waals surface area contributed by atoms with Crippen LogP contribution >= 0.6 is 0 Å². The lowest BCUT2D eigenvalue weighted by Gasteiger charge is -2.17. The second kappa shape index (κ2) is 6.14. The number of nitrogens with zero attached hydrogens (tertiary/aromatic N) is 3. The van der Waals surface area contributed by atoms with Crippen molar-refractivity contribution < 1.29 is 13.2 Å². The van der Waals surface area contributed by atoms with Crippen LogP contribution < -0.4 is 9.62 Å². The number of amides is 1. The fraction of sp³-hybridized carbons (Fsp3) is 0.222. The van der Waals surface area contributed by atoms with Gasteiger partial charge in [0.1, 0.15) is 0 Å². The highest BCUT2D eigenvalue weighted by Crippen LogP contribution is 2.25. The molecule has 1 N–H and O–H groups in total. The van der Waals surface area contributed by atoms with Gasteiger partial charge in [-0.3, -0.25) is 9.10 Å². The van der Waals surface area contributed by atoms with Gasteiger partial charge >= 0.3 is 0 Å². The molecule has 134 valence electrons. The molecule has 0 saturated carbocycles. The van der Waals surface area contributed by atoms with E-state index >= 15 is 0 Å². The number of hydrogen-bond donors (Lipinski definition) is 1. The van der Waals surface area contributed by atoms with Gasteiger partial charge in [0.05, 0.1) is 28.8 Å². The van der Waals surface area contributed by atoms with Gasteiger partial charge in [-0.15, -0.1) is 0 Å². The third-order valence-corrected chi connectivity index (χ3v) is 6.37. The zero-order chi connectivity index (χ0) is 18.3. The summed E-state index contributed by atoms with van der Waals surface area (Å²) in [6.45, 7) is 0.498. The molecule has 1 amide bonds. The topological polar surface area (TPSA) is 84.3 Å². The fourth-order valence-electron chi connectivity index (χ4n) is 3.12. The van der Waals surface area contributed by atoms with E-state index in [1.165, 1.54) is 4.31 Å². The summed E-state index contributed by atoms with van der Waals surface area (Å²) in [5.41, 5.74) is 3.46. The van der Waals surface area contributed by atoms with E-state index in [1.54, 1.807) is 42.7 Å². The molecule has 0 atom stereocenters. The van der Waals surface area contributed by atoms with Crippen molar-refractivity contribution >= 4 is 38.3 Å². The van der Waals surface area contributed by atoms with Crippen molar-refractivity contribution in [3.05, 3.63) is 54.4 Å². The Morgan fingerprint density at radius 1 is 1.15 bits per heavy atom. The lowest BCUT2D eigenvalue weighted by molar-refractivity contribution is 0.102. The lowest BCUT2D eigenvalue weighted by atomic mass is 10.2. The number of anilines is 2. The minimum Gasteiger partial charge on any atom is -0.334 e. The average molecular weight is 370 g/mol. The highest BCUT2D eigenvalue weighted by Gasteiger charge is 2.28. The van der Waals surface area contributed by atoms with E-state index in [0.29, 0.717) is 29.9 Å². The molecule has 0 aliphatic carbocycles. The normalized spacial score (nSPS) is 16.1. The van der Waals surface area contributed by atoms with Gasteiger partial charge in [-0.2, -0.15) is 0 Å². The van der Waals surface area contributed by atoms with Crippen LogP contribution in [0.5, 0.6) is 0 Å². The molecule has 1 fully saturated rings. The number of aromatic nitrogens is 2. The molecule has 1 saturated heterocycles. The molecule has 0 radical (unpaired) electrons. The molecule has 2 aromatic carbocycles. The van der Waals surface area contributed by atoms with Crippen molar-refractivity contribution in [2.24, 2.45) is 7.05 Å². The molecule has 0 unspecified atom stereocenters. The van der Waals surface area contributed by atoms with Gasteiger partial charge in [-0.25, -0.2) is 13.4 Å². The summed E-state index contributed by atoms with van der Waals surface area (Å²) in [6.07, 6.45) is 2.34. The van der Waals surface area contributed by atoms with Gasteiger partial charge in [0.15, 0.2) is 0 Å². The Labute approximate surface area is 151 Å². The van der Waals surface area contributed by atoms with Crippen molar-refractivity contribution in [1.82, 2.24) is 9.55 Å². The van der Waals surface area contributed by atoms with Gasteiger partial charge < -0.3 is 9.88 Å². The number of sulfonamides is 1. The zero-order valence-corrected chi connectivity index (χ0v) is 15.0. The highest BCUT2D eigenvalue weighted by molar-refractivity contribution is 7.93. The Hall–Kier alpha value is -2.87. The van der Waals surface area contributed by atoms with E-state index in [4.69, 9.17) is 0 Å². The molecule has 3 aromatic rings. The molecule has 26 heavy (non-hydrogen) atoms. The van der Waals surface area contributed by atoms with E-state index in [0.717, 1.165) is 11.0 Å². The first-order valence-corrected chi connectivity index (χ1v) is 9.88. The van der Waals surface area contributed by atoms with Crippen LogP contribution in [0.2, 0.25) is 0 Å². The second-order valence-corrected chi connectivity index (χ2v) is 8.31. The Morgan fingerprint density at radius 3 is 2.62 bits per heavy atom. The Morgan fingerprint density at radius 2 is 1.92 bits per heavy atom. The standard InChI is InChI=1S/C18H18N4O3S/c1-21-12-19-16-11-13(3-8-17(16)21)18(23)20-14-4-6-15(7-5-14)22-9-2-10-26(22,24)25/h3-8,11-12H,2,9-10H2,1H3,(H,20,23). The summed E-state index contributed by atoms with van der Waals surface area (Å²) in [5.74, 6) is -0.0549. The van der Waals surface area contributed by atoms with Gasteiger partial charge in [-0.1, -0.05) is 0 Å². The average Bonchev–Trinajstić information content (AvgIpc) is 3.17. The largest absolute Gasteiger partial charge is 0.334 e. The van der Waals surface area contributed by atoms with Crippen LogP contribution in [0.25, 0.3) is 11.0 Å². The van der Waals surface area contributed by atoms with Crippen molar-refractivity contribution in [2.75, 3.05) is 21.9 Å². The maximum absolute atomic E-state index is 12.5. The van der Waals surface area contributed by atoms with Crippen LogP contribution in [-0.4, -0.2) is 36.2 Å². The molecule has 7 nitrogen and oxygen atoms in total. The summed E-state index contributed by atoms with van der Waals surface area (Å²) >= 11 is 0. The van der Waals surface area contributed by atoms with Crippen molar-refractivity contribution in [3.8, 4) is 0 Å². The first-order chi connectivity index (χ1) is 12.4. The number of carbonyl (C=O) groups is 1. The molecule has 8 heteroatoms. The van der Waals surface area contributed by atoms with Gasteiger partial charge in [0, 0.05) is 24.8 Å². The van der Waals surface area contributed by atoms with Gasteiger partial charge in [-0.05, 0) is 48.9 Å². The van der Waals surface area contributed by atoms with E-state index in [1.807, 2.05) is 17.7 Å². The van der Waals surface area contributed by atoms with E-state index in [2.05, 4.69) is 10.3 Å². The smallest absolute Gasteiger partial charge is 0.255 e. The Bertz CT molecular complexity index is 1090. The Balaban J connectivity index is 1.52. The van der Waals surface area contributed by atoms with Crippen LogP contribution in [0, 0.1) is 0 Å². The number of rotatable bonds is 3. The predicted octanol–water partition coefficient (Wildman–Crippen LogP) is 2.37. The van der Waals surface area contributed by atoms with Crippen molar-refractivity contribution in [1.29, 1.82) is 0 Å². The minimum atomic E-state index is -3.20. The van der Waals surface area contributed by atoms with Crippen LogP contribution in [0.1, 0.15) is 16.8 Å². The molecule has 0 spiro atoms. The zero-order valence-electron chi connectivity index (χ0n) is 14.2. The number of hydrogen-bond acceptors (Lipinski definition) is 4. The van der Waals surface area contributed by atoms with Crippen LogP contribution in [0.3, 0.4) is 0 Å². The minimum absolute atomic E-state index is 0.182. The van der Waals surface area contributed by atoms with Gasteiger partial charge in [0.25, 0.3) is 5.91 Å². The number of nitrogens with one attached hydrogen (secondary N) is 1. The van der Waals surface area contributed by atoms with Crippen LogP contribution in [0.4, 0.5) is 11.4 Å². The number of carbonyl (C=O) groups excluding carboxylic acids is 1. The summed E-state index contributed by atoms with van der Waals surface area (Å²) in [5, 5.41) is 2.83. The van der Waals surface area contributed by atoms with Crippen molar-refractivity contribution in [2.45, 2.75) is 6.42 Å². The number of imidazole rings is 1. The molecule has 2 heterocycles. The number of benzene rings is 2. The van der Waals surface area contributed by atoms with E-state index in [9.17, 15) is 13.2 Å². The first-order valence-electron chi connectivity index (χ1n) is 8.27. The number of aryl methyl sites for hydroxylation is 1. The monoisotopic (exact) mass is 370 g/mol. The molecular formula is C18H18N4O3S. The fourth-order valence-corrected chi connectivity index (χ4v) is 4.69. The van der Waals surface area contributed by atoms with E-state index < -0.39 is 10.0 Å². The third kappa shape index (κ3) is 2.92. The number of fused-ring (bicyclic) bond motifs is 1. The van der Waals surface area contributed by atoms with E-state index in [-0.39, 0.29) is 11.7 Å². The second-order valence-electron chi connectivity index (χ2n) is 6.30. The summed E-state index contributed by atoms with van der Waals surface area (Å²) in [4.78, 5) is 16.7. The highest BCUT2D eigenvalue weighted by atomic mass is 32.2. The maximum Gasteiger partial charge on any atom is 0.255 e. The van der Waals surface area contributed by atoms with Gasteiger partial charge in [0.2, 0.25) is 10.0 Å². The molecule has 0 bridgehead atoms. The van der Waals surface area contributed by atoms with Crippen LogP contribution in [0.15, 0.2) is 48.8 Å². The lowest BCUT2D eigenvalue weighted by Crippen LogP contribution is -2.24. The summed E-state index contributed by atoms with van der Waals surface area (Å²) < 4.78 is 27.2. The third-order valence-electron chi connectivity index (χ3n) is 4.50. The first kappa shape index (κ1) is 16.6. The summed E-state index contributed by atoms with van der Waals surface area (Å²) in [7, 11) is -1.30. The SMILES string of the molecule is Cn1cnc2cc(C(=O)Nc3ccc(N4CCCS4(=O)=O)cc3)ccc21. The molecule has 4 rings (SSSR count). The predicted molar refractivity (Wildman–Crippen MR) is 101 cm³/mol. The molecule has 1 aliphatic rings. The Kier molecular flexibility index (Phi) is 3.91. The maximum atomic E-state index is 12.5. The van der Waals surface area contributed by atoms with Crippen molar-refractivity contribution in [3.63, 3.8) is 0 Å². The summed E-state index contributed by atoms with van der Waals surface area (Å²) in [6, 6.07) is 12.2. The molecular weight excluding hydrogens is 352 g/mol. The molecule has 1 aliphatic heterocycles. The quantitative estimate of drug-likeness (QED) is 0.767. The molecule has 1 aromatic heterocycles.